The molecule has 1 aromatic rings. The van der Waals surface area contributed by atoms with Gasteiger partial charge in [-0.25, -0.2) is 4.79 Å². The number of fused-ring (bicyclic) bond motifs is 1. The molecule has 0 saturated carbocycles. The Kier molecular flexibility index (Phi) is 3.86. The van der Waals surface area contributed by atoms with Crippen LogP contribution >= 0.6 is 11.8 Å². The van der Waals surface area contributed by atoms with Gasteiger partial charge >= 0.3 is 5.97 Å². The molecule has 8 nitrogen and oxygen atoms in total. The van der Waals surface area contributed by atoms with Gasteiger partial charge in [0.1, 0.15) is 5.69 Å². The fourth-order valence-electron chi connectivity index (χ4n) is 3.72. The molecule has 25 heavy (non-hydrogen) atoms. The van der Waals surface area contributed by atoms with Gasteiger partial charge in [-0.1, -0.05) is 12.1 Å². The number of benzene rings is 1. The number of carboxylic acid groups (broad SMARTS) is 1. The standard InChI is InChI=1S/C16H17N3O5S/c1-9(20)18(11-7-5-4-6-10(11)17-24)16(14(22)23)15(2,3)25-13-8-12(21)19(13)16/h4-7,13H,8H2,1-3H3,(H,22,23)/t13-,16+/m1/s1. The number of hydrogen-bond acceptors (Lipinski definition) is 6. The summed E-state index contributed by atoms with van der Waals surface area (Å²) in [6.45, 7) is 4.58. The Labute approximate surface area is 148 Å². The predicted molar refractivity (Wildman–Crippen MR) is 92.3 cm³/mol. The average molecular weight is 363 g/mol. The molecule has 0 aliphatic carbocycles. The van der Waals surface area contributed by atoms with Crippen molar-refractivity contribution in [2.45, 2.75) is 43.0 Å². The van der Waals surface area contributed by atoms with E-state index in [2.05, 4.69) is 5.18 Å². The van der Waals surface area contributed by atoms with E-state index in [0.29, 0.717) is 0 Å². The third-order valence-corrected chi connectivity index (χ3v) is 6.21. The topological polar surface area (TPSA) is 107 Å². The van der Waals surface area contributed by atoms with E-state index in [9.17, 15) is 24.4 Å². The van der Waals surface area contributed by atoms with E-state index in [1.165, 1.54) is 35.7 Å². The molecule has 2 saturated heterocycles. The Balaban J connectivity index is 2.31. The minimum absolute atomic E-state index is 0.0597. The quantitative estimate of drug-likeness (QED) is 0.650. The maximum Gasteiger partial charge on any atom is 0.352 e. The van der Waals surface area contributed by atoms with Crippen LogP contribution in [0.2, 0.25) is 0 Å². The van der Waals surface area contributed by atoms with E-state index in [1.54, 1.807) is 26.0 Å². The maximum absolute atomic E-state index is 12.6. The second-order valence-corrected chi connectivity index (χ2v) is 8.26. The van der Waals surface area contributed by atoms with Crippen molar-refractivity contribution >= 4 is 40.9 Å². The monoisotopic (exact) mass is 363 g/mol. The first-order chi connectivity index (χ1) is 11.7. The zero-order chi connectivity index (χ0) is 18.6. The first kappa shape index (κ1) is 17.4. The molecule has 2 atom stereocenters. The number of aliphatic carboxylic acids is 1. The molecule has 2 aliphatic heterocycles. The van der Waals surface area contributed by atoms with E-state index < -0.39 is 22.3 Å². The lowest BCUT2D eigenvalue weighted by atomic mass is 9.87. The molecule has 0 radical (unpaired) electrons. The van der Waals surface area contributed by atoms with Crippen molar-refractivity contribution in [3.05, 3.63) is 29.2 Å². The average Bonchev–Trinajstić information content (AvgIpc) is 2.71. The number of para-hydroxylation sites is 1. The number of carbonyl (C=O) groups is 3. The first-order valence-electron chi connectivity index (χ1n) is 7.65. The van der Waals surface area contributed by atoms with Crippen LogP contribution in [0.25, 0.3) is 0 Å². The molecule has 1 aromatic carbocycles. The van der Waals surface area contributed by atoms with Crippen molar-refractivity contribution in [3.63, 3.8) is 0 Å². The molecular weight excluding hydrogens is 346 g/mol. The van der Waals surface area contributed by atoms with Gasteiger partial charge in [0.2, 0.25) is 17.5 Å². The van der Waals surface area contributed by atoms with E-state index in [1.807, 2.05) is 0 Å². The highest BCUT2D eigenvalue weighted by atomic mass is 32.2. The van der Waals surface area contributed by atoms with Gasteiger partial charge in [-0.2, -0.15) is 0 Å². The molecule has 2 heterocycles. The van der Waals surface area contributed by atoms with Crippen molar-refractivity contribution in [1.82, 2.24) is 4.90 Å². The van der Waals surface area contributed by atoms with Gasteiger partial charge in [-0.3, -0.25) is 19.4 Å². The third kappa shape index (κ3) is 2.11. The predicted octanol–water partition coefficient (Wildman–Crippen LogP) is 2.30. The van der Waals surface area contributed by atoms with E-state index >= 15 is 0 Å². The number of anilines is 1. The lowest BCUT2D eigenvalue weighted by Gasteiger charge is -2.51. The van der Waals surface area contributed by atoms with Crippen LogP contribution in [0.5, 0.6) is 0 Å². The highest BCUT2D eigenvalue weighted by Crippen LogP contribution is 2.59. The number of hydrogen-bond donors (Lipinski definition) is 1. The molecule has 132 valence electrons. The first-order valence-corrected chi connectivity index (χ1v) is 8.53. The molecule has 0 bridgehead atoms. The number of rotatable bonds is 4. The molecule has 0 spiro atoms. The maximum atomic E-state index is 12.6. The highest BCUT2D eigenvalue weighted by molar-refractivity contribution is 8.01. The smallest absolute Gasteiger partial charge is 0.352 e. The summed E-state index contributed by atoms with van der Waals surface area (Å²) < 4.78 is -1.00. The molecular formula is C16H17N3O5S. The number of β-lactam (4-membered cyclic amide) rings is 1. The van der Waals surface area contributed by atoms with Crippen LogP contribution in [0.3, 0.4) is 0 Å². The molecule has 2 aliphatic rings. The van der Waals surface area contributed by atoms with Crippen LogP contribution in [0.1, 0.15) is 27.2 Å². The molecule has 0 aromatic heterocycles. The van der Waals surface area contributed by atoms with Crippen LogP contribution in [0.4, 0.5) is 11.4 Å². The van der Waals surface area contributed by atoms with Crippen LogP contribution < -0.4 is 4.90 Å². The van der Waals surface area contributed by atoms with Crippen molar-refractivity contribution in [1.29, 1.82) is 0 Å². The van der Waals surface area contributed by atoms with Crippen LogP contribution in [0, 0.1) is 4.91 Å². The zero-order valence-electron chi connectivity index (χ0n) is 13.9. The summed E-state index contributed by atoms with van der Waals surface area (Å²) in [5.41, 5.74) is -1.93. The number of carboxylic acids is 1. The summed E-state index contributed by atoms with van der Waals surface area (Å²) in [4.78, 5) is 50.8. The second-order valence-electron chi connectivity index (χ2n) is 6.46. The van der Waals surface area contributed by atoms with E-state index in [0.717, 1.165) is 4.90 Å². The number of nitroso groups, excluding NO2 is 1. The largest absolute Gasteiger partial charge is 0.478 e. The van der Waals surface area contributed by atoms with Gasteiger partial charge in [0.05, 0.1) is 22.2 Å². The van der Waals surface area contributed by atoms with E-state index in [-0.39, 0.29) is 29.1 Å². The van der Waals surface area contributed by atoms with E-state index in [4.69, 9.17) is 0 Å². The Bertz CT molecular complexity index is 796. The van der Waals surface area contributed by atoms with Gasteiger partial charge in [0, 0.05) is 6.92 Å². The fraction of sp³-hybridized carbons (Fsp3) is 0.438. The number of carbonyl (C=O) groups excluding carboxylic acids is 2. The van der Waals surface area contributed by atoms with Crippen LogP contribution in [0.15, 0.2) is 29.4 Å². The van der Waals surface area contributed by atoms with Crippen molar-refractivity contribution in [2.75, 3.05) is 4.90 Å². The van der Waals surface area contributed by atoms with Crippen molar-refractivity contribution in [2.24, 2.45) is 5.18 Å². The molecule has 2 fully saturated rings. The lowest BCUT2D eigenvalue weighted by molar-refractivity contribution is -0.169. The lowest BCUT2D eigenvalue weighted by Crippen LogP contribution is -2.76. The van der Waals surface area contributed by atoms with Gasteiger partial charge in [0.25, 0.3) is 0 Å². The normalized spacial score (nSPS) is 26.6. The molecule has 2 amide bonds. The third-order valence-electron chi connectivity index (χ3n) is 4.68. The van der Waals surface area contributed by atoms with Gasteiger partial charge in [0.15, 0.2) is 0 Å². The Morgan fingerprint density at radius 1 is 1.36 bits per heavy atom. The Hall–Kier alpha value is -2.42. The second kappa shape index (κ2) is 5.55. The molecule has 3 rings (SSSR count). The summed E-state index contributed by atoms with van der Waals surface area (Å²) in [7, 11) is 0. The van der Waals surface area contributed by atoms with Crippen molar-refractivity contribution in [3.8, 4) is 0 Å². The summed E-state index contributed by atoms with van der Waals surface area (Å²) in [5.74, 6) is -2.25. The molecule has 9 heteroatoms. The number of nitrogens with zero attached hydrogens (tertiary/aromatic N) is 3. The highest BCUT2D eigenvalue weighted by Gasteiger charge is 2.73. The number of amides is 2. The SMILES string of the molecule is CC(=O)N(c1ccccc1N=O)[C@@]1(C(=O)O)N2C(=O)C[C@H]2SC1(C)C. The van der Waals surface area contributed by atoms with Gasteiger partial charge in [-0.05, 0) is 31.2 Å². The van der Waals surface area contributed by atoms with Crippen LogP contribution in [-0.4, -0.2) is 43.6 Å². The zero-order valence-corrected chi connectivity index (χ0v) is 14.7. The summed E-state index contributed by atoms with van der Waals surface area (Å²) >= 11 is 1.33. The minimum atomic E-state index is -1.94. The Morgan fingerprint density at radius 3 is 2.52 bits per heavy atom. The molecule has 1 N–H and O–H groups in total. The summed E-state index contributed by atoms with van der Waals surface area (Å²) in [6, 6.07) is 6.01. The molecule has 0 unspecified atom stereocenters. The van der Waals surface area contributed by atoms with Gasteiger partial charge in [-0.15, -0.1) is 16.7 Å². The number of thioether (sulfide) groups is 1. The summed E-state index contributed by atoms with van der Waals surface area (Å²) in [6.07, 6.45) is 0.225. The van der Waals surface area contributed by atoms with Crippen LogP contribution in [-0.2, 0) is 14.4 Å². The fourth-order valence-corrected chi connectivity index (χ4v) is 5.44. The summed E-state index contributed by atoms with van der Waals surface area (Å²) in [5, 5.41) is 12.8. The Morgan fingerprint density at radius 2 is 2.00 bits per heavy atom. The minimum Gasteiger partial charge on any atom is -0.478 e. The van der Waals surface area contributed by atoms with Crippen molar-refractivity contribution < 1.29 is 19.5 Å². The van der Waals surface area contributed by atoms with Gasteiger partial charge < -0.3 is 5.11 Å².